The molecule has 2 heterocycles. The van der Waals surface area contributed by atoms with Crippen LogP contribution >= 0.6 is 0 Å². The Bertz CT molecular complexity index is 785. The van der Waals surface area contributed by atoms with Gasteiger partial charge in [-0.2, -0.15) is 4.31 Å². The van der Waals surface area contributed by atoms with Crippen molar-refractivity contribution in [3.05, 3.63) is 30.5 Å². The second-order valence-electron chi connectivity index (χ2n) is 6.38. The largest absolute Gasteiger partial charge is 0.349 e. The summed E-state index contributed by atoms with van der Waals surface area (Å²) in [6, 6.07) is 7.59. The lowest BCUT2D eigenvalue weighted by Gasteiger charge is -2.41. The highest BCUT2D eigenvalue weighted by Gasteiger charge is 2.38. The maximum atomic E-state index is 13.2. The zero-order valence-electron chi connectivity index (χ0n) is 13.5. The van der Waals surface area contributed by atoms with E-state index in [1.54, 1.807) is 10.5 Å². The molecule has 0 saturated carbocycles. The van der Waals surface area contributed by atoms with Crippen LogP contribution in [0.2, 0.25) is 0 Å². The van der Waals surface area contributed by atoms with Crippen LogP contribution in [0, 0.1) is 0 Å². The Morgan fingerprint density at radius 1 is 1.05 bits per heavy atom. The summed E-state index contributed by atoms with van der Waals surface area (Å²) in [6.07, 6.45) is 1.73. The Kier molecular flexibility index (Phi) is 3.79. The fourth-order valence-electron chi connectivity index (χ4n) is 3.67. The zero-order valence-corrected chi connectivity index (χ0v) is 14.3. The van der Waals surface area contributed by atoms with Gasteiger partial charge in [0.1, 0.15) is 4.90 Å². The zero-order chi connectivity index (χ0) is 16.1. The van der Waals surface area contributed by atoms with Gasteiger partial charge in [-0.1, -0.05) is 18.2 Å². The van der Waals surface area contributed by atoms with E-state index in [2.05, 4.69) is 4.90 Å². The van der Waals surface area contributed by atoms with E-state index < -0.39 is 10.0 Å². The summed E-state index contributed by atoms with van der Waals surface area (Å²) in [6.45, 7) is 5.48. The molecule has 1 saturated heterocycles. The standard InChI is InChI=1S/C16H23N3O2S/c1-12-9-17(3)10-13(2)19(12)22(20,21)16-11-18(4)15-8-6-5-7-14(15)16/h5-8,11-13H,9-10H2,1-4H3/t12-,13+. The average Bonchev–Trinajstić information content (AvgIpc) is 2.76. The molecule has 0 aliphatic carbocycles. The summed E-state index contributed by atoms with van der Waals surface area (Å²) in [5, 5.41) is 0.795. The van der Waals surface area contributed by atoms with Crippen molar-refractivity contribution in [3.63, 3.8) is 0 Å². The molecule has 1 aliphatic rings. The predicted octanol–water partition coefficient (Wildman–Crippen LogP) is 1.89. The van der Waals surface area contributed by atoms with Crippen LogP contribution in [-0.4, -0.2) is 54.4 Å². The molecule has 2 atom stereocenters. The van der Waals surface area contributed by atoms with Crippen molar-refractivity contribution >= 4 is 20.9 Å². The number of nitrogens with zero attached hydrogens (tertiary/aromatic N) is 3. The highest BCUT2D eigenvalue weighted by Crippen LogP contribution is 2.30. The van der Waals surface area contributed by atoms with Gasteiger partial charge in [0.25, 0.3) is 0 Å². The Hall–Kier alpha value is -1.37. The lowest BCUT2D eigenvalue weighted by Crippen LogP contribution is -2.57. The highest BCUT2D eigenvalue weighted by molar-refractivity contribution is 7.89. The lowest BCUT2D eigenvalue weighted by atomic mass is 10.2. The smallest absolute Gasteiger partial charge is 0.245 e. The van der Waals surface area contributed by atoms with Crippen LogP contribution in [0.5, 0.6) is 0 Å². The molecule has 1 aromatic heterocycles. The molecule has 1 aromatic carbocycles. The fourth-order valence-corrected chi connectivity index (χ4v) is 5.72. The van der Waals surface area contributed by atoms with E-state index in [1.165, 1.54) is 0 Å². The van der Waals surface area contributed by atoms with Gasteiger partial charge in [0, 0.05) is 49.3 Å². The summed E-state index contributed by atoms with van der Waals surface area (Å²) in [5.74, 6) is 0. The topological polar surface area (TPSA) is 45.6 Å². The van der Waals surface area contributed by atoms with Crippen LogP contribution in [0.25, 0.3) is 10.9 Å². The number of sulfonamides is 1. The molecule has 0 N–H and O–H groups in total. The summed E-state index contributed by atoms with van der Waals surface area (Å²) >= 11 is 0. The fraction of sp³-hybridized carbons (Fsp3) is 0.500. The monoisotopic (exact) mass is 321 g/mol. The number of aryl methyl sites for hydroxylation is 1. The summed E-state index contributed by atoms with van der Waals surface area (Å²) < 4.78 is 30.0. The van der Waals surface area contributed by atoms with Crippen molar-refractivity contribution in [1.29, 1.82) is 0 Å². The van der Waals surface area contributed by atoms with Gasteiger partial charge in [-0.3, -0.25) is 0 Å². The van der Waals surface area contributed by atoms with Crippen molar-refractivity contribution in [1.82, 2.24) is 13.8 Å². The molecule has 0 radical (unpaired) electrons. The molecule has 22 heavy (non-hydrogen) atoms. The van der Waals surface area contributed by atoms with Crippen LogP contribution in [0.3, 0.4) is 0 Å². The van der Waals surface area contributed by atoms with Gasteiger partial charge in [-0.05, 0) is 27.0 Å². The van der Waals surface area contributed by atoms with Crippen LogP contribution < -0.4 is 0 Å². The SMILES string of the molecule is C[C@@H]1CN(C)C[C@H](C)N1S(=O)(=O)c1cn(C)c2ccccc12. The third-order valence-electron chi connectivity index (χ3n) is 4.44. The molecule has 0 spiro atoms. The number of likely N-dealkylation sites (N-methyl/N-ethyl adjacent to an activating group) is 1. The second-order valence-corrected chi connectivity index (χ2v) is 8.19. The van der Waals surface area contributed by atoms with E-state index in [-0.39, 0.29) is 12.1 Å². The number of fused-ring (bicyclic) bond motifs is 1. The molecule has 1 fully saturated rings. The molecule has 0 bridgehead atoms. The lowest BCUT2D eigenvalue weighted by molar-refractivity contribution is 0.123. The summed E-state index contributed by atoms with van der Waals surface area (Å²) in [7, 11) is 0.420. The average molecular weight is 321 g/mol. The van der Waals surface area contributed by atoms with Crippen molar-refractivity contribution < 1.29 is 8.42 Å². The van der Waals surface area contributed by atoms with Gasteiger partial charge in [0.2, 0.25) is 10.0 Å². The Morgan fingerprint density at radius 2 is 1.64 bits per heavy atom. The normalized spacial score (nSPS) is 24.9. The Morgan fingerprint density at radius 3 is 2.27 bits per heavy atom. The first-order valence-electron chi connectivity index (χ1n) is 7.58. The summed E-state index contributed by atoms with van der Waals surface area (Å²) in [5.41, 5.74) is 0.940. The predicted molar refractivity (Wildman–Crippen MR) is 88.4 cm³/mol. The number of hydrogen-bond acceptors (Lipinski definition) is 3. The first-order chi connectivity index (χ1) is 10.3. The maximum absolute atomic E-state index is 13.2. The van der Waals surface area contributed by atoms with Crippen molar-refractivity contribution in [2.45, 2.75) is 30.8 Å². The molecule has 120 valence electrons. The second kappa shape index (κ2) is 5.37. The number of hydrogen-bond donors (Lipinski definition) is 0. The number of para-hydroxylation sites is 1. The van der Waals surface area contributed by atoms with Crippen LogP contribution in [-0.2, 0) is 17.1 Å². The van der Waals surface area contributed by atoms with Crippen LogP contribution in [0.15, 0.2) is 35.4 Å². The molecule has 6 heteroatoms. The molecular formula is C16H23N3O2S. The maximum Gasteiger partial charge on any atom is 0.245 e. The first-order valence-corrected chi connectivity index (χ1v) is 9.02. The third kappa shape index (κ3) is 2.35. The molecule has 3 rings (SSSR count). The van der Waals surface area contributed by atoms with Gasteiger partial charge < -0.3 is 9.47 Å². The Balaban J connectivity index is 2.12. The minimum absolute atomic E-state index is 0.0299. The minimum atomic E-state index is -3.50. The van der Waals surface area contributed by atoms with Crippen molar-refractivity contribution in [3.8, 4) is 0 Å². The quantitative estimate of drug-likeness (QED) is 0.848. The highest BCUT2D eigenvalue weighted by atomic mass is 32.2. The molecule has 0 unspecified atom stereocenters. The third-order valence-corrected chi connectivity index (χ3v) is 6.59. The number of piperazine rings is 1. The molecule has 5 nitrogen and oxygen atoms in total. The van der Waals surface area contributed by atoms with E-state index in [9.17, 15) is 8.42 Å². The summed E-state index contributed by atoms with van der Waals surface area (Å²) in [4.78, 5) is 2.60. The van der Waals surface area contributed by atoms with E-state index in [0.717, 1.165) is 24.0 Å². The Labute approximate surface area is 132 Å². The number of aromatic nitrogens is 1. The van der Waals surface area contributed by atoms with E-state index in [1.807, 2.05) is 56.8 Å². The van der Waals surface area contributed by atoms with Crippen molar-refractivity contribution in [2.75, 3.05) is 20.1 Å². The van der Waals surface area contributed by atoms with Gasteiger partial charge in [-0.15, -0.1) is 0 Å². The molecular weight excluding hydrogens is 298 g/mol. The van der Waals surface area contributed by atoms with Crippen LogP contribution in [0.1, 0.15) is 13.8 Å². The number of rotatable bonds is 2. The van der Waals surface area contributed by atoms with Crippen LogP contribution in [0.4, 0.5) is 0 Å². The van der Waals surface area contributed by atoms with Gasteiger partial charge in [-0.25, -0.2) is 8.42 Å². The number of benzene rings is 1. The van der Waals surface area contributed by atoms with E-state index in [0.29, 0.717) is 4.90 Å². The first kappa shape index (κ1) is 15.5. The van der Waals surface area contributed by atoms with Gasteiger partial charge >= 0.3 is 0 Å². The van der Waals surface area contributed by atoms with E-state index >= 15 is 0 Å². The van der Waals surface area contributed by atoms with Crippen molar-refractivity contribution in [2.24, 2.45) is 7.05 Å². The molecule has 2 aromatic rings. The molecule has 1 aliphatic heterocycles. The molecule has 0 amide bonds. The van der Waals surface area contributed by atoms with E-state index in [4.69, 9.17) is 0 Å². The van der Waals surface area contributed by atoms with Gasteiger partial charge in [0.05, 0.1) is 0 Å². The minimum Gasteiger partial charge on any atom is -0.349 e. The van der Waals surface area contributed by atoms with Gasteiger partial charge in [0.15, 0.2) is 0 Å².